The Balaban J connectivity index is 1.40. The Morgan fingerprint density at radius 2 is 1.76 bits per heavy atom. The van der Waals surface area contributed by atoms with Crippen LogP contribution in [0, 0.1) is 0 Å². The number of aliphatic hydroxyl groups excluding tert-OH is 1. The average Bonchev–Trinajstić information content (AvgIpc) is 3.02. The van der Waals surface area contributed by atoms with Gasteiger partial charge in [0.2, 0.25) is 6.79 Å². The summed E-state index contributed by atoms with van der Waals surface area (Å²) in [6, 6.07) is 6.24. The van der Waals surface area contributed by atoms with E-state index in [9.17, 15) is 5.11 Å². The molecule has 25 heavy (non-hydrogen) atoms. The fourth-order valence-electron chi connectivity index (χ4n) is 3.42. The van der Waals surface area contributed by atoms with Gasteiger partial charge in [-0.2, -0.15) is 0 Å². The van der Waals surface area contributed by atoms with Gasteiger partial charge in [0, 0.05) is 5.56 Å². The van der Waals surface area contributed by atoms with E-state index in [1.807, 2.05) is 26.8 Å². The molecular formula is C19H32N2O4+2. The highest BCUT2D eigenvalue weighted by molar-refractivity contribution is 5.44. The Labute approximate surface area is 150 Å². The van der Waals surface area contributed by atoms with Crippen LogP contribution in [-0.4, -0.2) is 62.9 Å². The molecule has 6 heteroatoms. The summed E-state index contributed by atoms with van der Waals surface area (Å²) in [5.41, 5.74) is 1.10. The molecule has 0 radical (unpaired) electrons. The number of quaternary nitrogens is 2. The van der Waals surface area contributed by atoms with E-state index in [-0.39, 0.29) is 11.7 Å². The first-order valence-electron chi connectivity index (χ1n) is 9.27. The van der Waals surface area contributed by atoms with E-state index in [1.165, 1.54) is 10.5 Å². The lowest BCUT2D eigenvalue weighted by Gasteiger charge is -2.31. The van der Waals surface area contributed by atoms with Gasteiger partial charge >= 0.3 is 0 Å². The molecule has 0 bridgehead atoms. The molecule has 1 aromatic carbocycles. The van der Waals surface area contributed by atoms with Crippen LogP contribution < -0.4 is 19.3 Å². The number of hydrogen-bond acceptors (Lipinski definition) is 4. The highest BCUT2D eigenvalue weighted by Gasteiger charge is 2.26. The Hall–Kier alpha value is -1.34. The first-order valence-corrected chi connectivity index (χ1v) is 9.27. The third-order valence-corrected chi connectivity index (χ3v) is 4.79. The maximum atomic E-state index is 10.2. The predicted octanol–water partition coefficient (Wildman–Crippen LogP) is -1.13. The SMILES string of the molecule is CC(C)(C)OC[C@H](O)C[NH+]1CC[NH+](Cc2ccc3c(c2)OCO3)CC1. The van der Waals surface area contributed by atoms with Crippen molar-refractivity contribution >= 4 is 0 Å². The first kappa shape index (κ1) is 18.5. The lowest BCUT2D eigenvalue weighted by Crippen LogP contribution is -3.28. The molecule has 2 heterocycles. The Bertz CT molecular complexity index is 565. The molecule has 0 aromatic heterocycles. The summed E-state index contributed by atoms with van der Waals surface area (Å²) in [5.74, 6) is 1.71. The van der Waals surface area contributed by atoms with Crippen molar-refractivity contribution in [2.75, 3.05) is 46.1 Å². The van der Waals surface area contributed by atoms with Gasteiger partial charge in [-0.1, -0.05) is 0 Å². The van der Waals surface area contributed by atoms with Crippen molar-refractivity contribution in [3.05, 3.63) is 23.8 Å². The molecule has 1 aromatic rings. The van der Waals surface area contributed by atoms with E-state index < -0.39 is 0 Å². The smallest absolute Gasteiger partial charge is 0.231 e. The molecule has 0 amide bonds. The minimum absolute atomic E-state index is 0.191. The molecule has 1 saturated heterocycles. The largest absolute Gasteiger partial charge is 0.454 e. The van der Waals surface area contributed by atoms with E-state index in [1.54, 1.807) is 4.90 Å². The number of piperazine rings is 1. The molecule has 1 atom stereocenters. The summed E-state index contributed by atoms with van der Waals surface area (Å²) in [4.78, 5) is 3.06. The first-order chi connectivity index (χ1) is 11.9. The van der Waals surface area contributed by atoms with Crippen molar-refractivity contribution < 1.29 is 29.1 Å². The summed E-state index contributed by atoms with van der Waals surface area (Å²) in [6.07, 6.45) is -0.385. The standard InChI is InChI=1S/C19H30N2O4/c1-19(2,3)25-13-16(22)12-21-8-6-20(7-9-21)11-15-4-5-17-18(10-15)24-14-23-17/h4-5,10,16,22H,6-9,11-14H2,1-3H3/p+2/t16-/m1/s1. The van der Waals surface area contributed by atoms with Crippen LogP contribution in [-0.2, 0) is 11.3 Å². The van der Waals surface area contributed by atoms with E-state index in [2.05, 4.69) is 12.1 Å². The number of benzene rings is 1. The molecule has 140 valence electrons. The van der Waals surface area contributed by atoms with Crippen molar-refractivity contribution in [3.63, 3.8) is 0 Å². The monoisotopic (exact) mass is 352 g/mol. The van der Waals surface area contributed by atoms with Gasteiger partial charge < -0.3 is 29.1 Å². The van der Waals surface area contributed by atoms with Gasteiger partial charge in [-0.3, -0.25) is 0 Å². The molecule has 0 aliphatic carbocycles. The normalized spacial score (nSPS) is 24.3. The zero-order valence-corrected chi connectivity index (χ0v) is 15.6. The summed E-state index contributed by atoms with van der Waals surface area (Å²) < 4.78 is 16.5. The second kappa shape index (κ2) is 7.91. The van der Waals surface area contributed by atoms with Crippen molar-refractivity contribution in [1.82, 2.24) is 0 Å². The van der Waals surface area contributed by atoms with E-state index in [0.29, 0.717) is 13.4 Å². The maximum Gasteiger partial charge on any atom is 0.231 e. The van der Waals surface area contributed by atoms with Gasteiger partial charge in [0.25, 0.3) is 0 Å². The highest BCUT2D eigenvalue weighted by atomic mass is 16.7. The van der Waals surface area contributed by atoms with Crippen molar-refractivity contribution in [1.29, 1.82) is 0 Å². The predicted molar refractivity (Wildman–Crippen MR) is 94.2 cm³/mol. The molecule has 0 unspecified atom stereocenters. The van der Waals surface area contributed by atoms with Crippen LogP contribution in [0.4, 0.5) is 0 Å². The molecule has 0 spiro atoms. The number of hydrogen-bond donors (Lipinski definition) is 3. The van der Waals surface area contributed by atoms with Crippen LogP contribution in [0.5, 0.6) is 11.5 Å². The minimum Gasteiger partial charge on any atom is -0.454 e. The summed E-state index contributed by atoms with van der Waals surface area (Å²) in [5, 5.41) is 10.2. The third kappa shape index (κ3) is 5.57. The lowest BCUT2D eigenvalue weighted by atomic mass is 10.1. The van der Waals surface area contributed by atoms with Gasteiger partial charge in [0.05, 0.1) is 12.2 Å². The van der Waals surface area contributed by atoms with E-state index >= 15 is 0 Å². The molecule has 1 fully saturated rings. The zero-order chi connectivity index (χ0) is 17.9. The molecule has 2 aliphatic heterocycles. The van der Waals surface area contributed by atoms with Crippen LogP contribution >= 0.6 is 0 Å². The summed E-state index contributed by atoms with van der Waals surface area (Å²) in [6.45, 7) is 13.0. The zero-order valence-electron chi connectivity index (χ0n) is 15.6. The van der Waals surface area contributed by atoms with Crippen molar-refractivity contribution in [2.24, 2.45) is 0 Å². The second-order valence-electron chi connectivity index (χ2n) is 8.15. The highest BCUT2D eigenvalue weighted by Crippen LogP contribution is 2.32. The Morgan fingerprint density at radius 1 is 1.08 bits per heavy atom. The number of fused-ring (bicyclic) bond motifs is 1. The van der Waals surface area contributed by atoms with Crippen LogP contribution in [0.15, 0.2) is 18.2 Å². The number of rotatable bonds is 6. The second-order valence-corrected chi connectivity index (χ2v) is 8.15. The quantitative estimate of drug-likeness (QED) is 0.607. The molecule has 2 aliphatic rings. The Kier molecular flexibility index (Phi) is 5.84. The number of ether oxygens (including phenoxy) is 3. The Morgan fingerprint density at radius 3 is 2.48 bits per heavy atom. The van der Waals surface area contributed by atoms with E-state index in [0.717, 1.165) is 50.8 Å². The van der Waals surface area contributed by atoms with Gasteiger partial charge in [-0.25, -0.2) is 0 Å². The van der Waals surface area contributed by atoms with Gasteiger partial charge in [-0.15, -0.1) is 0 Å². The summed E-state index contributed by atoms with van der Waals surface area (Å²) >= 11 is 0. The van der Waals surface area contributed by atoms with Crippen molar-refractivity contribution in [2.45, 2.75) is 39.0 Å². The van der Waals surface area contributed by atoms with Gasteiger partial charge in [0.1, 0.15) is 45.4 Å². The minimum atomic E-state index is -0.385. The average molecular weight is 352 g/mol. The van der Waals surface area contributed by atoms with Crippen LogP contribution in [0.3, 0.4) is 0 Å². The molecule has 0 saturated carbocycles. The van der Waals surface area contributed by atoms with Gasteiger partial charge in [-0.05, 0) is 39.0 Å². The third-order valence-electron chi connectivity index (χ3n) is 4.79. The molecule has 3 rings (SSSR count). The fraction of sp³-hybridized carbons (Fsp3) is 0.684. The molecule has 6 nitrogen and oxygen atoms in total. The van der Waals surface area contributed by atoms with Crippen molar-refractivity contribution in [3.8, 4) is 11.5 Å². The molecule has 3 N–H and O–H groups in total. The lowest BCUT2D eigenvalue weighted by molar-refractivity contribution is -1.02. The van der Waals surface area contributed by atoms with Crippen LogP contribution in [0.2, 0.25) is 0 Å². The topological polar surface area (TPSA) is 56.8 Å². The number of aliphatic hydroxyl groups is 1. The van der Waals surface area contributed by atoms with Crippen LogP contribution in [0.1, 0.15) is 26.3 Å². The number of nitrogens with one attached hydrogen (secondary N) is 2. The van der Waals surface area contributed by atoms with Crippen LogP contribution in [0.25, 0.3) is 0 Å². The molecular weight excluding hydrogens is 320 g/mol. The summed E-state index contributed by atoms with van der Waals surface area (Å²) in [7, 11) is 0. The van der Waals surface area contributed by atoms with E-state index in [4.69, 9.17) is 14.2 Å². The fourth-order valence-corrected chi connectivity index (χ4v) is 3.42. The maximum absolute atomic E-state index is 10.2. The van der Waals surface area contributed by atoms with Gasteiger partial charge in [0.15, 0.2) is 11.5 Å².